The van der Waals surface area contributed by atoms with E-state index in [-0.39, 0.29) is 0 Å². The van der Waals surface area contributed by atoms with Gasteiger partial charge < -0.3 is 9.64 Å². The quantitative estimate of drug-likeness (QED) is 0.716. The number of nitrogens with zero attached hydrogens (tertiary/aromatic N) is 1. The molecule has 16 heavy (non-hydrogen) atoms. The van der Waals surface area contributed by atoms with E-state index in [1.165, 1.54) is 19.3 Å². The van der Waals surface area contributed by atoms with Gasteiger partial charge in [0.25, 0.3) is 0 Å². The Labute approximate surface area is 101 Å². The summed E-state index contributed by atoms with van der Waals surface area (Å²) in [7, 11) is 4.21. The van der Waals surface area contributed by atoms with Crippen molar-refractivity contribution < 1.29 is 4.74 Å². The molecule has 3 atom stereocenters. The van der Waals surface area contributed by atoms with E-state index in [0.717, 1.165) is 30.9 Å². The van der Waals surface area contributed by atoms with E-state index < -0.39 is 0 Å². The van der Waals surface area contributed by atoms with Crippen LogP contribution in [0.2, 0.25) is 0 Å². The largest absolute Gasteiger partial charge is 0.377 e. The molecule has 0 aromatic heterocycles. The van der Waals surface area contributed by atoms with Crippen LogP contribution < -0.4 is 0 Å². The van der Waals surface area contributed by atoms with Crippen molar-refractivity contribution in [3.05, 3.63) is 0 Å². The molecule has 0 aliphatic heterocycles. The highest BCUT2D eigenvalue weighted by atomic mass is 16.5. The lowest BCUT2D eigenvalue weighted by Crippen LogP contribution is -2.35. The second-order valence-electron chi connectivity index (χ2n) is 6.04. The maximum Gasteiger partial charge on any atom is 0.0608 e. The van der Waals surface area contributed by atoms with E-state index in [4.69, 9.17) is 4.74 Å². The summed E-state index contributed by atoms with van der Waals surface area (Å²) in [6, 6.07) is 0. The lowest BCUT2D eigenvalue weighted by molar-refractivity contribution is -0.0417. The van der Waals surface area contributed by atoms with Gasteiger partial charge in [0, 0.05) is 6.54 Å². The molecule has 0 heterocycles. The van der Waals surface area contributed by atoms with Crippen LogP contribution in [-0.2, 0) is 4.74 Å². The second kappa shape index (κ2) is 6.61. The van der Waals surface area contributed by atoms with Crippen molar-refractivity contribution in [1.82, 2.24) is 4.90 Å². The number of ether oxygens (including phenoxy) is 1. The van der Waals surface area contributed by atoms with E-state index in [1.807, 2.05) is 0 Å². The van der Waals surface area contributed by atoms with Crippen molar-refractivity contribution >= 4 is 0 Å². The molecule has 0 saturated heterocycles. The van der Waals surface area contributed by atoms with Crippen LogP contribution in [0.5, 0.6) is 0 Å². The van der Waals surface area contributed by atoms with Gasteiger partial charge in [0.1, 0.15) is 0 Å². The van der Waals surface area contributed by atoms with Gasteiger partial charge in [0.2, 0.25) is 0 Å². The fourth-order valence-electron chi connectivity index (χ4n) is 2.69. The summed E-state index contributed by atoms with van der Waals surface area (Å²) in [5, 5.41) is 0. The Hall–Kier alpha value is -0.0800. The van der Waals surface area contributed by atoms with Gasteiger partial charge in [-0.05, 0) is 44.7 Å². The average molecular weight is 227 g/mol. The summed E-state index contributed by atoms with van der Waals surface area (Å²) >= 11 is 0. The van der Waals surface area contributed by atoms with Gasteiger partial charge in [-0.3, -0.25) is 0 Å². The summed E-state index contributed by atoms with van der Waals surface area (Å²) < 4.78 is 6.10. The first-order valence-electron chi connectivity index (χ1n) is 6.77. The minimum atomic E-state index is 0.503. The highest BCUT2D eigenvalue weighted by molar-refractivity contribution is 4.81. The average Bonchev–Trinajstić information content (AvgIpc) is 2.16. The molecule has 0 spiro atoms. The van der Waals surface area contributed by atoms with Gasteiger partial charge in [0.05, 0.1) is 12.7 Å². The van der Waals surface area contributed by atoms with Crippen molar-refractivity contribution in [3.8, 4) is 0 Å². The Kier molecular flexibility index (Phi) is 5.77. The third kappa shape index (κ3) is 4.42. The zero-order valence-corrected chi connectivity index (χ0v) is 11.7. The van der Waals surface area contributed by atoms with E-state index in [1.54, 1.807) is 0 Å². The minimum absolute atomic E-state index is 0.503. The smallest absolute Gasteiger partial charge is 0.0608 e. The fraction of sp³-hybridized carbons (Fsp3) is 1.00. The Morgan fingerprint density at radius 3 is 2.50 bits per heavy atom. The van der Waals surface area contributed by atoms with Crippen LogP contribution in [0.15, 0.2) is 0 Å². The molecule has 0 aromatic rings. The van der Waals surface area contributed by atoms with E-state index in [9.17, 15) is 0 Å². The zero-order chi connectivity index (χ0) is 12.1. The van der Waals surface area contributed by atoms with Crippen LogP contribution in [0.25, 0.3) is 0 Å². The first kappa shape index (κ1) is 14.0. The third-order valence-corrected chi connectivity index (χ3v) is 3.83. The zero-order valence-electron chi connectivity index (χ0n) is 11.7. The summed E-state index contributed by atoms with van der Waals surface area (Å²) in [4.78, 5) is 2.19. The molecule has 0 radical (unpaired) electrons. The van der Waals surface area contributed by atoms with Crippen LogP contribution in [0.3, 0.4) is 0 Å². The first-order chi connectivity index (χ1) is 7.50. The number of hydrogen-bond acceptors (Lipinski definition) is 2. The molecule has 2 heteroatoms. The molecule has 96 valence electrons. The normalized spacial score (nSPS) is 31.3. The Balaban J connectivity index is 2.38. The van der Waals surface area contributed by atoms with Crippen molar-refractivity contribution in [2.75, 3.05) is 27.2 Å². The molecule has 2 nitrogen and oxygen atoms in total. The molecule has 1 aliphatic rings. The van der Waals surface area contributed by atoms with Crippen molar-refractivity contribution in [3.63, 3.8) is 0 Å². The molecule has 0 unspecified atom stereocenters. The monoisotopic (exact) mass is 227 g/mol. The van der Waals surface area contributed by atoms with Crippen LogP contribution in [0.4, 0.5) is 0 Å². The van der Waals surface area contributed by atoms with Gasteiger partial charge in [-0.1, -0.05) is 27.2 Å². The van der Waals surface area contributed by atoms with E-state index in [0.29, 0.717) is 6.10 Å². The van der Waals surface area contributed by atoms with Crippen molar-refractivity contribution in [2.45, 2.75) is 46.1 Å². The lowest BCUT2D eigenvalue weighted by Gasteiger charge is -2.37. The van der Waals surface area contributed by atoms with Gasteiger partial charge in [-0.25, -0.2) is 0 Å². The Morgan fingerprint density at radius 2 is 1.94 bits per heavy atom. The molecule has 0 amide bonds. The van der Waals surface area contributed by atoms with Crippen LogP contribution in [0.1, 0.15) is 40.0 Å². The van der Waals surface area contributed by atoms with Crippen LogP contribution in [0, 0.1) is 17.8 Å². The Morgan fingerprint density at radius 1 is 1.25 bits per heavy atom. The summed E-state index contributed by atoms with van der Waals surface area (Å²) in [6.07, 6.45) is 4.50. The number of hydrogen-bond donors (Lipinski definition) is 0. The second-order valence-corrected chi connectivity index (χ2v) is 6.04. The highest BCUT2D eigenvalue weighted by Crippen LogP contribution is 2.35. The fourth-order valence-corrected chi connectivity index (χ4v) is 2.69. The minimum Gasteiger partial charge on any atom is -0.377 e. The first-order valence-corrected chi connectivity index (χ1v) is 6.77. The SMILES string of the molecule is CC(C)[C@H]1CC[C@@H](C)C[C@H]1OCCN(C)C. The topological polar surface area (TPSA) is 12.5 Å². The molecule has 0 bridgehead atoms. The summed E-state index contributed by atoms with van der Waals surface area (Å²) in [5.74, 6) is 2.38. The van der Waals surface area contributed by atoms with Gasteiger partial charge in [-0.15, -0.1) is 0 Å². The predicted octanol–water partition coefficient (Wildman–Crippen LogP) is 3.03. The summed E-state index contributed by atoms with van der Waals surface area (Å²) in [6.45, 7) is 8.95. The maximum atomic E-state index is 6.10. The van der Waals surface area contributed by atoms with Crippen LogP contribution >= 0.6 is 0 Å². The molecule has 1 fully saturated rings. The molecule has 1 saturated carbocycles. The number of rotatable bonds is 5. The summed E-state index contributed by atoms with van der Waals surface area (Å²) in [5.41, 5.74) is 0. The molecule has 0 aromatic carbocycles. The third-order valence-electron chi connectivity index (χ3n) is 3.83. The highest BCUT2D eigenvalue weighted by Gasteiger charge is 2.31. The van der Waals surface area contributed by atoms with Crippen molar-refractivity contribution in [2.24, 2.45) is 17.8 Å². The predicted molar refractivity (Wildman–Crippen MR) is 69.6 cm³/mol. The molecule has 1 rings (SSSR count). The van der Waals surface area contributed by atoms with Crippen LogP contribution in [-0.4, -0.2) is 38.3 Å². The molecular weight excluding hydrogens is 198 g/mol. The molecule has 0 N–H and O–H groups in total. The van der Waals surface area contributed by atoms with Gasteiger partial charge in [-0.2, -0.15) is 0 Å². The standard InChI is InChI=1S/C14H29NO/c1-11(2)13-7-6-12(3)10-14(13)16-9-8-15(4)5/h11-14H,6-10H2,1-5H3/t12-,13-,14-/m1/s1. The van der Waals surface area contributed by atoms with E-state index in [2.05, 4.69) is 39.8 Å². The lowest BCUT2D eigenvalue weighted by atomic mass is 9.75. The number of likely N-dealkylation sites (N-methyl/N-ethyl adjacent to an activating group) is 1. The van der Waals surface area contributed by atoms with Gasteiger partial charge in [0.15, 0.2) is 0 Å². The van der Waals surface area contributed by atoms with Crippen molar-refractivity contribution in [1.29, 1.82) is 0 Å². The van der Waals surface area contributed by atoms with Gasteiger partial charge >= 0.3 is 0 Å². The Bertz CT molecular complexity index is 191. The van der Waals surface area contributed by atoms with E-state index >= 15 is 0 Å². The molecule has 1 aliphatic carbocycles. The molecular formula is C14H29NO. The maximum absolute atomic E-state index is 6.10.